The first-order chi connectivity index (χ1) is 13.9. The minimum Gasteiger partial charge on any atom is -0.383 e. The molecule has 0 radical (unpaired) electrons. The fraction of sp³-hybridized carbons (Fsp3) is 0.273. The van der Waals surface area contributed by atoms with Crippen LogP contribution in [-0.4, -0.2) is 28.0 Å². The summed E-state index contributed by atoms with van der Waals surface area (Å²) in [6.45, 7) is 4.77. The van der Waals surface area contributed by atoms with Gasteiger partial charge in [0.05, 0.1) is 11.3 Å². The lowest BCUT2D eigenvalue weighted by molar-refractivity contribution is -0.137. The van der Waals surface area contributed by atoms with E-state index in [9.17, 15) is 13.2 Å². The number of aryl methyl sites for hydroxylation is 1. The average molecular weight is 398 g/mol. The maximum Gasteiger partial charge on any atom is 0.416 e. The van der Waals surface area contributed by atoms with E-state index in [1.807, 2.05) is 31.3 Å². The number of fused-ring (bicyclic) bond motifs is 1. The second-order valence-corrected chi connectivity index (χ2v) is 7.24. The van der Waals surface area contributed by atoms with Gasteiger partial charge in [-0.1, -0.05) is 12.1 Å². The highest BCUT2D eigenvalue weighted by molar-refractivity contribution is 5.66. The van der Waals surface area contributed by atoms with Gasteiger partial charge in [-0.25, -0.2) is 0 Å². The van der Waals surface area contributed by atoms with Crippen LogP contribution in [0.4, 0.5) is 18.9 Å². The maximum atomic E-state index is 12.7. The molecule has 0 bridgehead atoms. The van der Waals surface area contributed by atoms with Crippen molar-refractivity contribution in [3.05, 3.63) is 77.2 Å². The number of alkyl halides is 3. The monoisotopic (exact) mass is 398 g/mol. The van der Waals surface area contributed by atoms with Crippen molar-refractivity contribution < 1.29 is 13.2 Å². The fourth-order valence-corrected chi connectivity index (χ4v) is 3.50. The molecule has 4 rings (SSSR count). The molecule has 3 heterocycles. The zero-order valence-corrected chi connectivity index (χ0v) is 16.0. The summed E-state index contributed by atoms with van der Waals surface area (Å²) in [6, 6.07) is 11.4. The van der Waals surface area contributed by atoms with Crippen molar-refractivity contribution >= 4 is 5.69 Å². The van der Waals surface area contributed by atoms with Gasteiger partial charge in [-0.2, -0.15) is 13.2 Å². The zero-order valence-electron chi connectivity index (χ0n) is 16.0. The van der Waals surface area contributed by atoms with E-state index in [0.29, 0.717) is 13.1 Å². The lowest BCUT2D eigenvalue weighted by Crippen LogP contribution is -2.25. The number of hydrogen-bond donors (Lipinski definition) is 1. The van der Waals surface area contributed by atoms with E-state index in [2.05, 4.69) is 20.2 Å². The van der Waals surface area contributed by atoms with E-state index in [-0.39, 0.29) is 0 Å². The van der Waals surface area contributed by atoms with Gasteiger partial charge in [0.2, 0.25) is 0 Å². The van der Waals surface area contributed by atoms with E-state index in [0.717, 1.165) is 59.0 Å². The van der Waals surface area contributed by atoms with Gasteiger partial charge in [-0.05, 0) is 42.8 Å². The van der Waals surface area contributed by atoms with Crippen molar-refractivity contribution in [3.63, 3.8) is 0 Å². The molecule has 1 aliphatic heterocycles. The van der Waals surface area contributed by atoms with Gasteiger partial charge in [-0.3, -0.25) is 14.9 Å². The van der Waals surface area contributed by atoms with E-state index in [1.165, 1.54) is 0 Å². The molecule has 0 atom stereocenters. The first-order valence-electron chi connectivity index (χ1n) is 9.43. The maximum absolute atomic E-state index is 12.7. The topological polar surface area (TPSA) is 41.1 Å². The normalized spacial score (nSPS) is 14.8. The number of anilines is 1. The minimum atomic E-state index is -4.30. The predicted molar refractivity (Wildman–Crippen MR) is 106 cm³/mol. The molecule has 29 heavy (non-hydrogen) atoms. The molecular formula is C22H21F3N4. The Morgan fingerprint density at radius 3 is 2.59 bits per heavy atom. The van der Waals surface area contributed by atoms with E-state index >= 15 is 0 Å². The van der Waals surface area contributed by atoms with Gasteiger partial charge < -0.3 is 5.32 Å². The van der Waals surface area contributed by atoms with Crippen LogP contribution in [0.15, 0.2) is 54.9 Å². The number of rotatable bonds is 3. The Morgan fingerprint density at radius 2 is 1.86 bits per heavy atom. The van der Waals surface area contributed by atoms with Crippen molar-refractivity contribution in [2.24, 2.45) is 0 Å². The van der Waals surface area contributed by atoms with Gasteiger partial charge in [-0.15, -0.1) is 0 Å². The molecule has 7 heteroatoms. The van der Waals surface area contributed by atoms with Crippen LogP contribution in [0.25, 0.3) is 11.3 Å². The first-order valence-corrected chi connectivity index (χ1v) is 9.43. The number of nitrogens with one attached hydrogen (secondary N) is 1. The quantitative estimate of drug-likeness (QED) is 0.682. The van der Waals surface area contributed by atoms with Crippen LogP contribution in [0.2, 0.25) is 0 Å². The zero-order chi connectivity index (χ0) is 20.4. The third-order valence-corrected chi connectivity index (χ3v) is 5.00. The van der Waals surface area contributed by atoms with E-state index in [1.54, 1.807) is 18.3 Å². The van der Waals surface area contributed by atoms with Crippen molar-refractivity contribution in [3.8, 4) is 11.3 Å². The van der Waals surface area contributed by atoms with Crippen LogP contribution in [0, 0.1) is 6.92 Å². The van der Waals surface area contributed by atoms with Gasteiger partial charge in [0.25, 0.3) is 0 Å². The van der Waals surface area contributed by atoms with Gasteiger partial charge in [0.1, 0.15) is 0 Å². The Hall–Kier alpha value is -2.93. The SMILES string of the molecule is Cc1cc(-c2cc3c(cn2)CN(Cc2ccc(C(F)(F)F)cc2)CCN3)ccn1. The summed E-state index contributed by atoms with van der Waals surface area (Å²) < 4.78 is 38.2. The molecule has 1 aliphatic rings. The van der Waals surface area contributed by atoms with Crippen LogP contribution in [0.1, 0.15) is 22.4 Å². The molecule has 1 N–H and O–H groups in total. The van der Waals surface area contributed by atoms with Crippen LogP contribution in [0.5, 0.6) is 0 Å². The van der Waals surface area contributed by atoms with Crippen LogP contribution < -0.4 is 5.32 Å². The molecule has 0 saturated heterocycles. The molecule has 0 aliphatic carbocycles. The number of halogens is 3. The third-order valence-electron chi connectivity index (χ3n) is 5.00. The molecule has 3 aromatic rings. The number of nitrogens with zero attached hydrogens (tertiary/aromatic N) is 3. The Balaban J connectivity index is 1.50. The summed E-state index contributed by atoms with van der Waals surface area (Å²) >= 11 is 0. The molecule has 4 nitrogen and oxygen atoms in total. The highest BCUT2D eigenvalue weighted by atomic mass is 19.4. The van der Waals surface area contributed by atoms with Crippen molar-refractivity contribution in [2.45, 2.75) is 26.2 Å². The largest absolute Gasteiger partial charge is 0.416 e. The predicted octanol–water partition coefficient (Wildman–Crippen LogP) is 4.90. The second kappa shape index (κ2) is 7.83. The number of hydrogen-bond acceptors (Lipinski definition) is 4. The highest BCUT2D eigenvalue weighted by Crippen LogP contribution is 2.30. The van der Waals surface area contributed by atoms with Crippen LogP contribution in [0.3, 0.4) is 0 Å². The standard InChI is InChI=1S/C22H21F3N4/c1-15-10-17(6-7-26-15)20-11-21-18(12-28-20)14-29(9-8-27-21)13-16-2-4-19(5-3-16)22(23,24)25/h2-7,10-12,27H,8-9,13-14H2,1H3. The summed E-state index contributed by atoms with van der Waals surface area (Å²) in [6.07, 6.45) is -0.656. The van der Waals surface area contributed by atoms with E-state index < -0.39 is 11.7 Å². The summed E-state index contributed by atoms with van der Waals surface area (Å²) in [4.78, 5) is 11.0. The molecule has 0 fully saturated rings. The molecule has 0 saturated carbocycles. The summed E-state index contributed by atoms with van der Waals surface area (Å²) in [5.74, 6) is 0. The van der Waals surface area contributed by atoms with Crippen LogP contribution >= 0.6 is 0 Å². The highest BCUT2D eigenvalue weighted by Gasteiger charge is 2.30. The Morgan fingerprint density at radius 1 is 1.07 bits per heavy atom. The molecule has 0 spiro atoms. The number of pyridine rings is 2. The summed E-state index contributed by atoms with van der Waals surface area (Å²) in [5.41, 5.74) is 5.20. The average Bonchev–Trinajstić information content (AvgIpc) is 2.89. The minimum absolute atomic E-state index is 0.588. The van der Waals surface area contributed by atoms with Gasteiger partial charge in [0, 0.05) is 61.1 Å². The Labute approximate surface area is 167 Å². The fourth-order valence-electron chi connectivity index (χ4n) is 3.50. The molecule has 1 aromatic carbocycles. The smallest absolute Gasteiger partial charge is 0.383 e. The molecule has 0 unspecified atom stereocenters. The number of aromatic nitrogens is 2. The van der Waals surface area contributed by atoms with Crippen molar-refractivity contribution in [1.82, 2.24) is 14.9 Å². The van der Waals surface area contributed by atoms with Gasteiger partial charge >= 0.3 is 6.18 Å². The van der Waals surface area contributed by atoms with Gasteiger partial charge in [0.15, 0.2) is 0 Å². The Kier molecular flexibility index (Phi) is 5.24. The summed E-state index contributed by atoms with van der Waals surface area (Å²) in [5, 5.41) is 3.45. The Bertz CT molecular complexity index is 1000. The van der Waals surface area contributed by atoms with E-state index in [4.69, 9.17) is 0 Å². The molecular weight excluding hydrogens is 377 g/mol. The lowest BCUT2D eigenvalue weighted by atomic mass is 10.1. The van der Waals surface area contributed by atoms with Crippen molar-refractivity contribution in [2.75, 3.05) is 18.4 Å². The third kappa shape index (κ3) is 4.56. The summed E-state index contributed by atoms with van der Waals surface area (Å²) in [7, 11) is 0. The first kappa shape index (κ1) is 19.4. The molecule has 2 aromatic heterocycles. The second-order valence-electron chi connectivity index (χ2n) is 7.24. The van der Waals surface area contributed by atoms with Crippen LogP contribution in [-0.2, 0) is 19.3 Å². The molecule has 150 valence electrons. The van der Waals surface area contributed by atoms with Crippen molar-refractivity contribution in [1.29, 1.82) is 0 Å². The lowest BCUT2D eigenvalue weighted by Gasteiger charge is -2.20. The number of benzene rings is 1. The molecule has 0 amide bonds.